The summed E-state index contributed by atoms with van der Waals surface area (Å²) in [5.74, 6) is -1.42. The lowest BCUT2D eigenvalue weighted by atomic mass is 9.94. The molecular formula is C12H14NO5PS. The first-order valence-corrected chi connectivity index (χ1v) is 8.71. The zero-order valence-electron chi connectivity index (χ0n) is 11.0. The van der Waals surface area contributed by atoms with Crippen LogP contribution in [-0.4, -0.2) is 26.7 Å². The predicted molar refractivity (Wildman–Crippen MR) is 75.5 cm³/mol. The summed E-state index contributed by atoms with van der Waals surface area (Å²) in [6.45, 7) is -0.299. The topological polar surface area (TPSA) is 87.1 Å². The van der Waals surface area contributed by atoms with Gasteiger partial charge in [0.15, 0.2) is 0 Å². The zero-order chi connectivity index (χ0) is 15.1. The Morgan fingerprint density at radius 3 is 2.35 bits per heavy atom. The molecule has 0 unspecified atom stereocenters. The molecule has 0 aromatic heterocycles. The molecule has 2 amide bonds. The lowest BCUT2D eigenvalue weighted by molar-refractivity contribution is -0.0216. The molecule has 0 bridgehead atoms. The number of imide groups is 1. The van der Waals surface area contributed by atoms with Crippen molar-refractivity contribution in [3.8, 4) is 0 Å². The van der Waals surface area contributed by atoms with Gasteiger partial charge in [0.1, 0.15) is 0 Å². The number of nitrogens with zero attached hydrogens (tertiary/aromatic N) is 1. The fraction of sp³-hybridized carbons (Fsp3) is 0.333. The van der Waals surface area contributed by atoms with Gasteiger partial charge in [-0.3, -0.25) is 9.59 Å². The molecule has 0 radical (unpaired) electrons. The maximum absolute atomic E-state index is 12.3. The summed E-state index contributed by atoms with van der Waals surface area (Å²) in [5.41, 5.74) is 2.22. The van der Waals surface area contributed by atoms with Crippen LogP contribution in [0.3, 0.4) is 0 Å². The van der Waals surface area contributed by atoms with E-state index in [9.17, 15) is 9.59 Å². The van der Waals surface area contributed by atoms with E-state index in [0.29, 0.717) is 11.5 Å². The molecule has 2 rings (SSSR count). The van der Waals surface area contributed by atoms with Crippen molar-refractivity contribution in [3.63, 3.8) is 0 Å². The molecule has 1 aliphatic heterocycles. The number of amides is 2. The minimum absolute atomic E-state index is 0.201. The first-order chi connectivity index (χ1) is 9.30. The zero-order valence-corrected chi connectivity index (χ0v) is 12.7. The Morgan fingerprint density at radius 2 is 1.85 bits per heavy atom. The predicted octanol–water partition coefficient (Wildman–Crippen LogP) is 1.55. The number of hydroxylamine groups is 2. The minimum Gasteiger partial charge on any atom is -0.323 e. The van der Waals surface area contributed by atoms with E-state index in [-0.39, 0.29) is 11.1 Å². The van der Waals surface area contributed by atoms with Crippen molar-refractivity contribution in [1.82, 2.24) is 5.06 Å². The van der Waals surface area contributed by atoms with E-state index < -0.39 is 18.5 Å². The lowest BCUT2D eigenvalue weighted by Crippen LogP contribution is -2.28. The molecule has 0 atom stereocenters. The Labute approximate surface area is 121 Å². The van der Waals surface area contributed by atoms with Crippen LogP contribution < -0.4 is 0 Å². The van der Waals surface area contributed by atoms with Crippen LogP contribution in [-0.2, 0) is 29.3 Å². The summed E-state index contributed by atoms with van der Waals surface area (Å²) < 4.78 is 4.55. The van der Waals surface area contributed by atoms with Crippen molar-refractivity contribution in [3.05, 3.63) is 34.4 Å². The van der Waals surface area contributed by atoms with Gasteiger partial charge in [0, 0.05) is 0 Å². The fourth-order valence-electron chi connectivity index (χ4n) is 2.33. The van der Waals surface area contributed by atoms with Crippen molar-refractivity contribution < 1.29 is 24.0 Å². The summed E-state index contributed by atoms with van der Waals surface area (Å²) in [6.07, 6.45) is 1.32. The molecule has 0 aliphatic carbocycles. The maximum Gasteiger partial charge on any atom is 0.344 e. The van der Waals surface area contributed by atoms with Crippen molar-refractivity contribution in [1.29, 1.82) is 0 Å². The van der Waals surface area contributed by atoms with E-state index in [1.807, 2.05) is 13.8 Å². The molecule has 2 N–H and O–H groups in total. The highest BCUT2D eigenvalue weighted by Gasteiger charge is 2.41. The number of benzene rings is 1. The summed E-state index contributed by atoms with van der Waals surface area (Å²) >= 11 is 4.30. The Balaban J connectivity index is 2.54. The second kappa shape index (κ2) is 5.35. The first-order valence-electron chi connectivity index (χ1n) is 6.09. The number of carbonyl (C=O) groups excluding carboxylic acids is 2. The molecule has 1 aliphatic rings. The summed E-state index contributed by atoms with van der Waals surface area (Å²) in [7, 11) is 0. The molecule has 8 heteroatoms. The number of hydrogen-bond acceptors (Lipinski definition) is 4. The van der Waals surface area contributed by atoms with Gasteiger partial charge in [-0.15, -0.1) is 5.06 Å². The molecule has 0 spiro atoms. The largest absolute Gasteiger partial charge is 0.344 e. The SMILES string of the molecule is CCc1ccc2c(c1CC)C(=O)N(OP(O)(O)=S)C2=O. The molecule has 1 heterocycles. The van der Waals surface area contributed by atoms with Gasteiger partial charge in [-0.05, 0) is 41.8 Å². The van der Waals surface area contributed by atoms with E-state index in [4.69, 9.17) is 9.79 Å². The molecule has 1 aromatic rings. The molecule has 20 heavy (non-hydrogen) atoms. The summed E-state index contributed by atoms with van der Waals surface area (Å²) in [6, 6.07) is 3.34. The maximum atomic E-state index is 12.3. The number of rotatable bonds is 4. The van der Waals surface area contributed by atoms with Crippen LogP contribution >= 0.6 is 6.72 Å². The first kappa shape index (κ1) is 15.3. The number of fused-ring (bicyclic) bond motifs is 1. The quantitative estimate of drug-likeness (QED) is 0.647. The van der Waals surface area contributed by atoms with Gasteiger partial charge in [-0.25, -0.2) is 0 Å². The average molecular weight is 315 g/mol. The number of aryl methyl sites for hydroxylation is 1. The van der Waals surface area contributed by atoms with E-state index >= 15 is 0 Å². The molecular weight excluding hydrogens is 301 g/mol. The van der Waals surface area contributed by atoms with Crippen LogP contribution in [0.4, 0.5) is 0 Å². The standard InChI is InChI=1S/C12H14NO5PS/c1-3-7-5-6-9-10(8(7)4-2)12(15)13(11(9)14)18-19(16,17)20/h5-6H,3-4H2,1-2H3,(H2,16,17,20). The Morgan fingerprint density at radius 1 is 1.20 bits per heavy atom. The van der Waals surface area contributed by atoms with Crippen LogP contribution in [0.15, 0.2) is 12.1 Å². The van der Waals surface area contributed by atoms with Gasteiger partial charge in [-0.1, -0.05) is 19.9 Å². The van der Waals surface area contributed by atoms with Crippen molar-refractivity contribution in [2.24, 2.45) is 0 Å². The van der Waals surface area contributed by atoms with Gasteiger partial charge in [0.25, 0.3) is 11.8 Å². The van der Waals surface area contributed by atoms with Gasteiger partial charge in [-0.2, -0.15) is 4.62 Å². The van der Waals surface area contributed by atoms with Gasteiger partial charge in [0.05, 0.1) is 11.1 Å². The smallest absolute Gasteiger partial charge is 0.323 e. The van der Waals surface area contributed by atoms with E-state index in [0.717, 1.165) is 17.5 Å². The lowest BCUT2D eigenvalue weighted by Gasteiger charge is -2.15. The Kier molecular flexibility index (Phi) is 4.09. The van der Waals surface area contributed by atoms with Crippen LogP contribution in [0.2, 0.25) is 0 Å². The third-order valence-electron chi connectivity index (χ3n) is 3.15. The third-order valence-corrected chi connectivity index (χ3v) is 3.72. The van der Waals surface area contributed by atoms with Crippen LogP contribution in [0, 0.1) is 0 Å². The second-order valence-electron chi connectivity index (χ2n) is 4.31. The number of hydrogen-bond donors (Lipinski definition) is 2. The average Bonchev–Trinajstić information content (AvgIpc) is 2.61. The monoisotopic (exact) mass is 315 g/mol. The third kappa shape index (κ3) is 2.55. The summed E-state index contributed by atoms with van der Waals surface area (Å²) in [4.78, 5) is 42.6. The second-order valence-corrected chi connectivity index (χ2v) is 6.88. The number of carbonyl (C=O) groups is 2. The fourth-order valence-corrected chi connectivity index (χ4v) is 2.89. The van der Waals surface area contributed by atoms with Crippen molar-refractivity contribution in [2.45, 2.75) is 26.7 Å². The Hall–Kier alpha value is -1.11. The summed E-state index contributed by atoms with van der Waals surface area (Å²) in [5, 5.41) is 0.351. The van der Waals surface area contributed by atoms with Gasteiger partial charge >= 0.3 is 6.72 Å². The van der Waals surface area contributed by atoms with E-state index in [1.165, 1.54) is 0 Å². The van der Waals surface area contributed by atoms with Crippen molar-refractivity contribution in [2.75, 3.05) is 0 Å². The molecule has 0 fully saturated rings. The molecule has 108 valence electrons. The van der Waals surface area contributed by atoms with Gasteiger partial charge in [0.2, 0.25) is 0 Å². The van der Waals surface area contributed by atoms with Gasteiger partial charge < -0.3 is 9.79 Å². The Bertz CT molecular complexity index is 639. The van der Waals surface area contributed by atoms with E-state index in [2.05, 4.69) is 16.4 Å². The highest BCUT2D eigenvalue weighted by Crippen LogP contribution is 2.41. The normalized spacial score (nSPS) is 14.9. The van der Waals surface area contributed by atoms with Crippen LogP contribution in [0.25, 0.3) is 0 Å². The van der Waals surface area contributed by atoms with Crippen LogP contribution in [0.1, 0.15) is 45.7 Å². The molecule has 0 saturated carbocycles. The van der Waals surface area contributed by atoms with E-state index in [1.54, 1.807) is 12.1 Å². The van der Waals surface area contributed by atoms with Crippen LogP contribution in [0.5, 0.6) is 0 Å². The highest BCUT2D eigenvalue weighted by molar-refractivity contribution is 8.06. The highest BCUT2D eigenvalue weighted by atomic mass is 32.5. The van der Waals surface area contributed by atoms with Crippen molar-refractivity contribution >= 4 is 30.3 Å². The molecule has 0 saturated heterocycles. The molecule has 1 aromatic carbocycles. The molecule has 6 nitrogen and oxygen atoms in total. The minimum atomic E-state index is -4.14.